The molecule has 0 heterocycles. The van der Waals surface area contributed by atoms with Crippen molar-refractivity contribution in [2.75, 3.05) is 0 Å². The summed E-state index contributed by atoms with van der Waals surface area (Å²) >= 11 is 0. The fraction of sp³-hybridized carbons (Fsp3) is 0.417. The van der Waals surface area contributed by atoms with Crippen LogP contribution in [0.25, 0.3) is 0 Å². The molecule has 82 valence electrons. The second-order valence-corrected chi connectivity index (χ2v) is 3.91. The van der Waals surface area contributed by atoms with Gasteiger partial charge in [0.2, 0.25) is 0 Å². The van der Waals surface area contributed by atoms with E-state index in [1.165, 1.54) is 5.56 Å². The van der Waals surface area contributed by atoms with Gasteiger partial charge in [-0.25, -0.2) is 0 Å². The number of rotatable bonds is 5. The standard InChI is InChI=1S/C12H17NO2/c1-9(7-11(13)8-12(14)15)10-5-3-2-4-6-10/h2-6,9,11H,7-8,13H2,1H3,(H,14,15)/t9-,11-/m0/s1. The van der Waals surface area contributed by atoms with Gasteiger partial charge in [0.05, 0.1) is 6.42 Å². The molecule has 0 spiro atoms. The Bertz CT molecular complexity index is 311. The van der Waals surface area contributed by atoms with Crippen LogP contribution in [0.15, 0.2) is 30.3 Å². The third kappa shape index (κ3) is 4.13. The highest BCUT2D eigenvalue weighted by Crippen LogP contribution is 2.20. The van der Waals surface area contributed by atoms with E-state index < -0.39 is 5.97 Å². The summed E-state index contributed by atoms with van der Waals surface area (Å²) in [6.45, 7) is 2.07. The van der Waals surface area contributed by atoms with Gasteiger partial charge < -0.3 is 10.8 Å². The molecule has 0 radical (unpaired) electrons. The van der Waals surface area contributed by atoms with E-state index >= 15 is 0 Å². The molecular weight excluding hydrogens is 190 g/mol. The van der Waals surface area contributed by atoms with Crippen molar-refractivity contribution in [3.63, 3.8) is 0 Å². The van der Waals surface area contributed by atoms with Crippen LogP contribution in [0, 0.1) is 0 Å². The molecule has 3 heteroatoms. The molecule has 3 nitrogen and oxygen atoms in total. The monoisotopic (exact) mass is 207 g/mol. The summed E-state index contributed by atoms with van der Waals surface area (Å²) in [6, 6.07) is 9.74. The number of benzene rings is 1. The van der Waals surface area contributed by atoms with Gasteiger partial charge in [-0.05, 0) is 17.9 Å². The maximum Gasteiger partial charge on any atom is 0.304 e. The predicted molar refractivity (Wildman–Crippen MR) is 59.7 cm³/mol. The number of carboxylic acid groups (broad SMARTS) is 1. The number of hydrogen-bond donors (Lipinski definition) is 2. The summed E-state index contributed by atoms with van der Waals surface area (Å²) in [7, 11) is 0. The summed E-state index contributed by atoms with van der Waals surface area (Å²) < 4.78 is 0. The van der Waals surface area contributed by atoms with E-state index in [-0.39, 0.29) is 12.5 Å². The van der Waals surface area contributed by atoms with E-state index in [9.17, 15) is 4.79 Å². The molecule has 0 saturated heterocycles. The van der Waals surface area contributed by atoms with Crippen LogP contribution in [0.4, 0.5) is 0 Å². The molecule has 0 aliphatic carbocycles. The quantitative estimate of drug-likeness (QED) is 0.776. The fourth-order valence-electron chi connectivity index (χ4n) is 1.68. The zero-order valence-electron chi connectivity index (χ0n) is 8.89. The lowest BCUT2D eigenvalue weighted by Crippen LogP contribution is -2.25. The molecular formula is C12H17NO2. The Balaban J connectivity index is 2.49. The van der Waals surface area contributed by atoms with Gasteiger partial charge in [0.1, 0.15) is 0 Å². The van der Waals surface area contributed by atoms with Crippen molar-refractivity contribution in [2.45, 2.75) is 31.7 Å². The Hall–Kier alpha value is -1.35. The van der Waals surface area contributed by atoms with Gasteiger partial charge in [-0.3, -0.25) is 4.79 Å². The van der Waals surface area contributed by atoms with E-state index in [1.807, 2.05) is 30.3 Å². The molecule has 2 atom stereocenters. The van der Waals surface area contributed by atoms with E-state index in [4.69, 9.17) is 10.8 Å². The molecule has 0 amide bonds. The van der Waals surface area contributed by atoms with Crippen LogP contribution in [0.1, 0.15) is 31.2 Å². The normalized spacial score (nSPS) is 14.5. The zero-order valence-corrected chi connectivity index (χ0v) is 8.89. The first kappa shape index (κ1) is 11.7. The molecule has 0 unspecified atom stereocenters. The molecule has 1 aromatic carbocycles. The van der Waals surface area contributed by atoms with Gasteiger partial charge in [-0.2, -0.15) is 0 Å². The van der Waals surface area contributed by atoms with Gasteiger partial charge in [0, 0.05) is 6.04 Å². The number of hydrogen-bond acceptors (Lipinski definition) is 2. The number of carbonyl (C=O) groups is 1. The fourth-order valence-corrected chi connectivity index (χ4v) is 1.68. The van der Waals surface area contributed by atoms with Gasteiger partial charge in [0.25, 0.3) is 0 Å². The molecule has 1 aromatic rings. The Morgan fingerprint density at radius 2 is 2.00 bits per heavy atom. The van der Waals surface area contributed by atoms with E-state index in [0.717, 1.165) is 0 Å². The van der Waals surface area contributed by atoms with Crippen LogP contribution >= 0.6 is 0 Å². The van der Waals surface area contributed by atoms with E-state index in [2.05, 4.69) is 6.92 Å². The SMILES string of the molecule is C[C@@H](C[C@H](N)CC(=O)O)c1ccccc1. The zero-order chi connectivity index (χ0) is 11.3. The second-order valence-electron chi connectivity index (χ2n) is 3.91. The van der Waals surface area contributed by atoms with Crippen molar-refractivity contribution in [1.82, 2.24) is 0 Å². The summed E-state index contributed by atoms with van der Waals surface area (Å²) in [5.41, 5.74) is 6.94. The molecule has 15 heavy (non-hydrogen) atoms. The van der Waals surface area contributed by atoms with Crippen LogP contribution in [0.5, 0.6) is 0 Å². The lowest BCUT2D eigenvalue weighted by atomic mass is 9.93. The summed E-state index contributed by atoms with van der Waals surface area (Å²) in [4.78, 5) is 10.4. The highest BCUT2D eigenvalue weighted by molar-refractivity contribution is 5.67. The minimum absolute atomic E-state index is 0.0389. The lowest BCUT2D eigenvalue weighted by molar-refractivity contribution is -0.137. The van der Waals surface area contributed by atoms with Crippen LogP contribution in [0.2, 0.25) is 0 Å². The Labute approximate surface area is 89.9 Å². The molecule has 1 rings (SSSR count). The third-order valence-electron chi connectivity index (χ3n) is 2.46. The average molecular weight is 207 g/mol. The first-order valence-electron chi connectivity index (χ1n) is 5.12. The Kier molecular flexibility index (Phi) is 4.31. The summed E-state index contributed by atoms with van der Waals surface area (Å²) in [6.07, 6.45) is 0.744. The van der Waals surface area contributed by atoms with Crippen LogP contribution < -0.4 is 5.73 Å². The molecule has 0 aliphatic heterocycles. The van der Waals surface area contributed by atoms with E-state index in [1.54, 1.807) is 0 Å². The van der Waals surface area contributed by atoms with Gasteiger partial charge in [-0.15, -0.1) is 0 Å². The maximum absolute atomic E-state index is 10.4. The Morgan fingerprint density at radius 3 is 2.53 bits per heavy atom. The minimum atomic E-state index is -0.831. The highest BCUT2D eigenvalue weighted by Gasteiger charge is 2.13. The van der Waals surface area contributed by atoms with Crippen LogP contribution in [-0.4, -0.2) is 17.1 Å². The molecule has 0 aromatic heterocycles. The van der Waals surface area contributed by atoms with Crippen LogP contribution in [-0.2, 0) is 4.79 Å². The number of aliphatic carboxylic acids is 1. The molecule has 0 bridgehead atoms. The van der Waals surface area contributed by atoms with Gasteiger partial charge in [0.15, 0.2) is 0 Å². The first-order chi connectivity index (χ1) is 7.09. The molecule has 0 saturated carbocycles. The van der Waals surface area contributed by atoms with E-state index in [0.29, 0.717) is 12.3 Å². The number of carboxylic acids is 1. The molecule has 0 aliphatic rings. The summed E-state index contributed by atoms with van der Waals surface area (Å²) in [5.74, 6) is -0.525. The topological polar surface area (TPSA) is 63.3 Å². The second kappa shape index (κ2) is 5.51. The van der Waals surface area contributed by atoms with Crippen molar-refractivity contribution in [3.05, 3.63) is 35.9 Å². The third-order valence-corrected chi connectivity index (χ3v) is 2.46. The van der Waals surface area contributed by atoms with Crippen molar-refractivity contribution >= 4 is 5.97 Å². The van der Waals surface area contributed by atoms with Crippen molar-refractivity contribution in [2.24, 2.45) is 5.73 Å². The summed E-state index contributed by atoms with van der Waals surface area (Å²) in [5, 5.41) is 8.59. The molecule has 0 fully saturated rings. The maximum atomic E-state index is 10.4. The first-order valence-corrected chi connectivity index (χ1v) is 5.12. The van der Waals surface area contributed by atoms with Crippen molar-refractivity contribution in [1.29, 1.82) is 0 Å². The van der Waals surface area contributed by atoms with Crippen LogP contribution in [0.3, 0.4) is 0 Å². The van der Waals surface area contributed by atoms with Gasteiger partial charge >= 0.3 is 5.97 Å². The van der Waals surface area contributed by atoms with Crippen molar-refractivity contribution in [3.8, 4) is 0 Å². The largest absolute Gasteiger partial charge is 0.481 e. The highest BCUT2D eigenvalue weighted by atomic mass is 16.4. The minimum Gasteiger partial charge on any atom is -0.481 e. The van der Waals surface area contributed by atoms with Gasteiger partial charge in [-0.1, -0.05) is 37.3 Å². The smallest absolute Gasteiger partial charge is 0.304 e. The lowest BCUT2D eigenvalue weighted by Gasteiger charge is -2.15. The Morgan fingerprint density at radius 1 is 1.40 bits per heavy atom. The average Bonchev–Trinajstić information content (AvgIpc) is 2.17. The number of nitrogens with two attached hydrogens (primary N) is 1. The predicted octanol–water partition coefficient (Wildman–Crippen LogP) is 1.98. The molecule has 3 N–H and O–H groups in total. The van der Waals surface area contributed by atoms with Crippen molar-refractivity contribution < 1.29 is 9.90 Å².